The van der Waals surface area contributed by atoms with Gasteiger partial charge in [0.1, 0.15) is 11.1 Å². The molecule has 1 aromatic rings. The smallest absolute Gasteiger partial charge is 0.123 e. The minimum absolute atomic E-state index is 0.134. The summed E-state index contributed by atoms with van der Waals surface area (Å²) in [7, 11) is 0. The van der Waals surface area contributed by atoms with Crippen molar-refractivity contribution in [3.8, 4) is 0 Å². The molecule has 1 saturated heterocycles. The maximum atomic E-state index is 6.34. The van der Waals surface area contributed by atoms with Gasteiger partial charge in [0.05, 0.1) is 12.3 Å². The second-order valence-corrected chi connectivity index (χ2v) is 7.83. The van der Waals surface area contributed by atoms with Crippen molar-refractivity contribution in [2.75, 3.05) is 26.2 Å². The summed E-state index contributed by atoms with van der Waals surface area (Å²) in [6.45, 7) is 10.6. The molecule has 1 fully saturated rings. The molecule has 2 N–H and O–H groups in total. The van der Waals surface area contributed by atoms with E-state index in [-0.39, 0.29) is 17.6 Å². The van der Waals surface area contributed by atoms with Gasteiger partial charge in [-0.2, -0.15) is 0 Å². The quantitative estimate of drug-likeness (QED) is 0.911. The lowest BCUT2D eigenvalue weighted by Crippen LogP contribution is -2.38. The number of nitrogens with zero attached hydrogens (tertiary/aromatic N) is 2. The molecule has 0 saturated carbocycles. The number of thiazole rings is 1. The van der Waals surface area contributed by atoms with Gasteiger partial charge >= 0.3 is 0 Å². The summed E-state index contributed by atoms with van der Waals surface area (Å²) in [5.74, 6) is 0. The van der Waals surface area contributed by atoms with E-state index < -0.39 is 0 Å². The molecule has 20 heavy (non-hydrogen) atoms. The second kappa shape index (κ2) is 5.37. The molecule has 3 rings (SSSR count). The van der Waals surface area contributed by atoms with E-state index in [1.807, 2.05) is 0 Å². The molecule has 2 atom stereocenters. The van der Waals surface area contributed by atoms with Crippen LogP contribution in [0.25, 0.3) is 0 Å². The van der Waals surface area contributed by atoms with E-state index in [1.165, 1.54) is 10.6 Å². The van der Waals surface area contributed by atoms with Crippen molar-refractivity contribution in [3.63, 3.8) is 0 Å². The van der Waals surface area contributed by atoms with Crippen LogP contribution in [0, 0.1) is 5.41 Å². The zero-order valence-corrected chi connectivity index (χ0v) is 13.5. The molecule has 4 nitrogen and oxygen atoms in total. The van der Waals surface area contributed by atoms with Crippen molar-refractivity contribution >= 4 is 11.3 Å². The van der Waals surface area contributed by atoms with Crippen molar-refractivity contribution in [3.05, 3.63) is 15.6 Å². The van der Waals surface area contributed by atoms with Gasteiger partial charge in [-0.3, -0.25) is 4.90 Å². The van der Waals surface area contributed by atoms with Crippen LogP contribution in [0.5, 0.6) is 0 Å². The molecule has 112 valence electrons. The summed E-state index contributed by atoms with van der Waals surface area (Å²) >= 11 is 1.78. The molecule has 2 unspecified atom stereocenters. The van der Waals surface area contributed by atoms with E-state index in [4.69, 9.17) is 15.5 Å². The summed E-state index contributed by atoms with van der Waals surface area (Å²) in [4.78, 5) is 8.59. The number of rotatable bonds is 2. The first-order valence-electron chi connectivity index (χ1n) is 7.57. The first-order chi connectivity index (χ1) is 9.48. The molecular weight excluding hydrogens is 270 g/mol. The number of hydrogen-bond donors (Lipinski definition) is 1. The summed E-state index contributed by atoms with van der Waals surface area (Å²) in [5, 5.41) is 1.13. The van der Waals surface area contributed by atoms with E-state index in [0.717, 1.165) is 44.1 Å². The molecule has 5 heteroatoms. The molecule has 0 spiro atoms. The lowest BCUT2D eigenvalue weighted by atomic mass is 9.77. The Morgan fingerprint density at radius 1 is 1.50 bits per heavy atom. The molecule has 0 radical (unpaired) electrons. The molecule has 2 aliphatic rings. The van der Waals surface area contributed by atoms with Crippen LogP contribution < -0.4 is 5.73 Å². The Kier molecular flexibility index (Phi) is 3.88. The third-order valence-electron chi connectivity index (χ3n) is 4.37. The molecule has 1 aliphatic carbocycles. The SMILES string of the molecule is CCN1CCOC(c2nc3c(s2)C(N)CC(C)(C)C3)C1. The number of nitrogens with two attached hydrogens (primary N) is 1. The lowest BCUT2D eigenvalue weighted by molar-refractivity contribution is -0.0283. The fraction of sp³-hybridized carbons (Fsp3) is 0.800. The number of aromatic nitrogens is 1. The maximum Gasteiger partial charge on any atom is 0.123 e. The summed E-state index contributed by atoms with van der Waals surface area (Å²) in [6, 6.07) is 0.144. The largest absolute Gasteiger partial charge is 0.368 e. The highest BCUT2D eigenvalue weighted by molar-refractivity contribution is 7.11. The second-order valence-electron chi connectivity index (χ2n) is 6.77. The van der Waals surface area contributed by atoms with Crippen molar-refractivity contribution in [2.24, 2.45) is 11.1 Å². The van der Waals surface area contributed by atoms with Crippen LogP contribution >= 0.6 is 11.3 Å². The number of fused-ring (bicyclic) bond motifs is 1. The van der Waals surface area contributed by atoms with Crippen molar-refractivity contribution in [1.82, 2.24) is 9.88 Å². The van der Waals surface area contributed by atoms with Crippen LogP contribution in [-0.2, 0) is 11.2 Å². The van der Waals surface area contributed by atoms with Crippen LogP contribution in [0.3, 0.4) is 0 Å². The van der Waals surface area contributed by atoms with E-state index in [9.17, 15) is 0 Å². The highest BCUT2D eigenvalue weighted by Crippen LogP contribution is 2.43. The Morgan fingerprint density at radius 2 is 2.30 bits per heavy atom. The van der Waals surface area contributed by atoms with Crippen molar-refractivity contribution in [2.45, 2.75) is 45.8 Å². The van der Waals surface area contributed by atoms with Crippen LogP contribution in [0.1, 0.15) is 54.9 Å². The fourth-order valence-electron chi connectivity index (χ4n) is 3.29. The zero-order valence-electron chi connectivity index (χ0n) is 12.7. The Balaban J connectivity index is 1.83. The predicted octanol–water partition coefficient (Wildman–Crippen LogP) is 2.51. The Bertz CT molecular complexity index is 485. The molecule has 0 amide bonds. The predicted molar refractivity (Wildman–Crippen MR) is 82.0 cm³/mol. The lowest BCUT2D eigenvalue weighted by Gasteiger charge is -2.32. The highest BCUT2D eigenvalue weighted by atomic mass is 32.1. The number of likely N-dealkylation sites (N-methyl/N-ethyl adjacent to an activating group) is 1. The molecule has 0 aromatic carbocycles. The topological polar surface area (TPSA) is 51.4 Å². The normalized spacial score (nSPS) is 30.2. The van der Waals surface area contributed by atoms with Crippen LogP contribution in [-0.4, -0.2) is 36.1 Å². The molecule has 0 bridgehead atoms. The first kappa shape index (κ1) is 14.4. The molecule has 1 aromatic heterocycles. The van der Waals surface area contributed by atoms with Gasteiger partial charge in [0.25, 0.3) is 0 Å². The highest BCUT2D eigenvalue weighted by Gasteiger charge is 2.35. The van der Waals surface area contributed by atoms with Crippen molar-refractivity contribution < 1.29 is 4.74 Å². The van der Waals surface area contributed by atoms with Gasteiger partial charge in [0.15, 0.2) is 0 Å². The van der Waals surface area contributed by atoms with Gasteiger partial charge in [-0.1, -0.05) is 20.8 Å². The summed E-state index contributed by atoms with van der Waals surface area (Å²) < 4.78 is 5.93. The number of morpholine rings is 1. The van der Waals surface area contributed by atoms with Crippen LogP contribution in [0.15, 0.2) is 0 Å². The minimum atomic E-state index is 0.134. The first-order valence-corrected chi connectivity index (χ1v) is 8.39. The zero-order chi connectivity index (χ0) is 14.3. The molecular formula is C15H25N3OS. The number of ether oxygens (including phenoxy) is 1. The summed E-state index contributed by atoms with van der Waals surface area (Å²) in [6.07, 6.45) is 2.22. The summed E-state index contributed by atoms with van der Waals surface area (Å²) in [5.41, 5.74) is 7.82. The van der Waals surface area contributed by atoms with Gasteiger partial charge in [0.2, 0.25) is 0 Å². The Labute approximate surface area is 125 Å². The van der Waals surface area contributed by atoms with Crippen molar-refractivity contribution in [1.29, 1.82) is 0 Å². The fourth-order valence-corrected chi connectivity index (χ4v) is 4.41. The maximum absolute atomic E-state index is 6.34. The van der Waals surface area contributed by atoms with Gasteiger partial charge in [-0.25, -0.2) is 4.98 Å². The van der Waals surface area contributed by atoms with Gasteiger partial charge in [-0.05, 0) is 24.8 Å². The number of hydrogen-bond acceptors (Lipinski definition) is 5. The molecule has 1 aliphatic heterocycles. The van der Waals surface area contributed by atoms with Gasteiger partial charge < -0.3 is 10.5 Å². The van der Waals surface area contributed by atoms with E-state index in [0.29, 0.717) is 0 Å². The average molecular weight is 295 g/mol. The van der Waals surface area contributed by atoms with Crippen LogP contribution in [0.4, 0.5) is 0 Å². The third-order valence-corrected chi connectivity index (χ3v) is 5.69. The van der Waals surface area contributed by atoms with Gasteiger partial charge in [-0.15, -0.1) is 11.3 Å². The third kappa shape index (κ3) is 2.77. The Hall–Kier alpha value is -0.490. The minimum Gasteiger partial charge on any atom is -0.368 e. The Morgan fingerprint density at radius 3 is 3.05 bits per heavy atom. The average Bonchev–Trinajstić information content (AvgIpc) is 2.81. The monoisotopic (exact) mass is 295 g/mol. The van der Waals surface area contributed by atoms with Crippen LogP contribution in [0.2, 0.25) is 0 Å². The van der Waals surface area contributed by atoms with Gasteiger partial charge in [0, 0.05) is 24.0 Å². The van der Waals surface area contributed by atoms with E-state index >= 15 is 0 Å². The molecule has 2 heterocycles. The van der Waals surface area contributed by atoms with E-state index in [1.54, 1.807) is 11.3 Å². The van der Waals surface area contributed by atoms with E-state index in [2.05, 4.69) is 25.7 Å². The standard InChI is InChI=1S/C15H25N3OS/c1-4-18-5-6-19-12(9-18)14-17-11-8-15(2,3)7-10(16)13(11)20-14/h10,12H,4-9,16H2,1-3H3.